The molecule has 8 heterocycles. The molecule has 4 aromatic heterocycles. The predicted octanol–water partition coefficient (Wildman–Crippen LogP) is 5.52. The van der Waals surface area contributed by atoms with E-state index in [2.05, 4.69) is 35.3 Å². The third kappa shape index (κ3) is 9.29. The van der Waals surface area contributed by atoms with Crippen LogP contribution in [0.25, 0.3) is 21.1 Å². The van der Waals surface area contributed by atoms with Gasteiger partial charge in [-0.1, -0.05) is 23.2 Å². The number of H-pyrrole nitrogens is 2. The molecule has 5 N–H and O–H groups in total. The van der Waals surface area contributed by atoms with Crippen LogP contribution in [0.4, 0.5) is 4.79 Å². The lowest BCUT2D eigenvalue weighted by Gasteiger charge is -2.35. The molecule has 24 heteroatoms. The summed E-state index contributed by atoms with van der Waals surface area (Å²) in [6, 6.07) is 11.1. The molecule has 1 amide bonds. The highest BCUT2D eigenvalue weighted by Crippen LogP contribution is 2.45. The van der Waals surface area contributed by atoms with Gasteiger partial charge in [-0.05, 0) is 71.0 Å². The van der Waals surface area contributed by atoms with Gasteiger partial charge in [-0.15, -0.1) is 22.7 Å². The third-order valence-corrected chi connectivity index (χ3v) is 17.1. The van der Waals surface area contributed by atoms with Crippen molar-refractivity contribution < 1.29 is 35.8 Å². The van der Waals surface area contributed by atoms with Crippen LogP contribution in [0.5, 0.6) is 0 Å². The van der Waals surface area contributed by atoms with Gasteiger partial charge in [-0.25, -0.2) is 50.2 Å². The zero-order valence-corrected chi connectivity index (χ0v) is 38.9. The molecule has 2 atom stereocenters. The van der Waals surface area contributed by atoms with Gasteiger partial charge in [0, 0.05) is 14.1 Å². The van der Waals surface area contributed by atoms with Crippen molar-refractivity contribution in [1.82, 2.24) is 23.9 Å². The zero-order chi connectivity index (χ0) is 44.3. The first-order valence-corrected chi connectivity index (χ1v) is 24.3. The molecule has 4 aliphatic heterocycles. The normalized spacial score (nSPS) is 23.2. The molecular formula is C37H44Cl2N10O8S4. The lowest BCUT2D eigenvalue weighted by molar-refractivity contribution is 0.0559. The molecule has 0 fully saturated rings. The van der Waals surface area contributed by atoms with Crippen LogP contribution >= 0.6 is 45.9 Å². The summed E-state index contributed by atoms with van der Waals surface area (Å²) >= 11 is 15.8. The Kier molecular flexibility index (Phi) is 11.8. The Labute approximate surface area is 371 Å². The number of aromatic amines is 2. The van der Waals surface area contributed by atoms with Crippen LogP contribution in [-0.4, -0.2) is 123 Å². The SMILES string of the molecule is CN1C(N)=N[C@](C)(c2sc(-c3ccc(C4=NCCO4)[nH]3)cc2Cl)CS1(=O)=O.CN1C(NC(=O)OC(C)(C)C)=N[C@](C)(c2sc(-c3ccc(C4=NCCO4)[nH]3)cc2Cl)CS1(=O)=O. The van der Waals surface area contributed by atoms with E-state index in [0.717, 1.165) is 41.1 Å². The first-order valence-electron chi connectivity index (χ1n) is 18.7. The number of carbonyl (C=O) groups is 1. The number of carbonyl (C=O) groups excluding carboxylic acids is 1. The Hall–Kier alpha value is -4.61. The van der Waals surface area contributed by atoms with E-state index in [1.54, 1.807) is 46.8 Å². The molecule has 0 unspecified atom stereocenters. The van der Waals surface area contributed by atoms with Crippen molar-refractivity contribution >= 4 is 95.7 Å². The number of aromatic nitrogens is 2. The lowest BCUT2D eigenvalue weighted by Crippen LogP contribution is -2.53. The maximum atomic E-state index is 13.0. The van der Waals surface area contributed by atoms with Crippen LogP contribution < -0.4 is 11.1 Å². The summed E-state index contributed by atoms with van der Waals surface area (Å²) in [5.74, 6) is 0.467. The molecule has 0 saturated heterocycles. The molecule has 8 rings (SSSR count). The van der Waals surface area contributed by atoms with E-state index >= 15 is 0 Å². The number of aliphatic imine (C=N–C) groups is 4. The molecular weight excluding hydrogens is 912 g/mol. The maximum Gasteiger partial charge on any atom is 0.414 e. The predicted molar refractivity (Wildman–Crippen MR) is 239 cm³/mol. The number of nitrogens with zero attached hydrogens (tertiary/aromatic N) is 6. The Bertz CT molecular complexity index is 2730. The highest BCUT2D eigenvalue weighted by atomic mass is 35.5. The summed E-state index contributed by atoms with van der Waals surface area (Å²) in [5.41, 5.74) is 6.01. The van der Waals surface area contributed by atoms with Gasteiger partial charge in [-0.2, -0.15) is 0 Å². The number of thiophene rings is 2. The number of ether oxygens (including phenoxy) is 3. The van der Waals surface area contributed by atoms with E-state index in [4.69, 9.17) is 43.1 Å². The molecule has 328 valence electrons. The number of alkyl carbamates (subject to hydrolysis) is 1. The summed E-state index contributed by atoms with van der Waals surface area (Å²) in [4.78, 5) is 39.3. The average molecular weight is 956 g/mol. The van der Waals surface area contributed by atoms with Gasteiger partial charge in [0.25, 0.3) is 0 Å². The van der Waals surface area contributed by atoms with Crippen molar-refractivity contribution in [2.75, 3.05) is 51.9 Å². The van der Waals surface area contributed by atoms with E-state index in [0.29, 0.717) is 57.9 Å². The second kappa shape index (κ2) is 16.3. The topological polar surface area (TPSA) is 239 Å². The highest BCUT2D eigenvalue weighted by molar-refractivity contribution is 7.90. The van der Waals surface area contributed by atoms with Crippen molar-refractivity contribution in [2.45, 2.75) is 51.3 Å². The third-order valence-electron chi connectivity index (χ3n) is 9.60. The van der Waals surface area contributed by atoms with Crippen LogP contribution in [-0.2, 0) is 45.3 Å². The smallest absolute Gasteiger partial charge is 0.414 e. The lowest BCUT2D eigenvalue weighted by atomic mass is 10.0. The van der Waals surface area contributed by atoms with Crippen LogP contribution in [0.3, 0.4) is 0 Å². The number of nitrogens with one attached hydrogen (secondary N) is 3. The molecule has 61 heavy (non-hydrogen) atoms. The summed E-state index contributed by atoms with van der Waals surface area (Å²) in [6.07, 6.45) is -0.800. The maximum absolute atomic E-state index is 13.0. The van der Waals surface area contributed by atoms with E-state index in [1.807, 2.05) is 24.3 Å². The molecule has 0 saturated carbocycles. The molecule has 0 aromatic carbocycles. The van der Waals surface area contributed by atoms with Gasteiger partial charge in [0.2, 0.25) is 43.8 Å². The molecule has 4 aromatic rings. The van der Waals surface area contributed by atoms with Crippen molar-refractivity contribution in [2.24, 2.45) is 25.7 Å². The van der Waals surface area contributed by atoms with E-state index in [1.165, 1.54) is 36.8 Å². The summed E-state index contributed by atoms with van der Waals surface area (Å²) in [6.45, 7) is 11.0. The first kappa shape index (κ1) is 44.4. The second-order valence-electron chi connectivity index (χ2n) is 15.7. The molecule has 0 bridgehead atoms. The van der Waals surface area contributed by atoms with E-state index < -0.39 is 42.8 Å². The summed E-state index contributed by atoms with van der Waals surface area (Å²) in [7, 11) is -4.63. The Balaban J connectivity index is 0.000000189. The monoisotopic (exact) mass is 954 g/mol. The van der Waals surface area contributed by atoms with Crippen LogP contribution in [0, 0.1) is 0 Å². The van der Waals surface area contributed by atoms with Crippen LogP contribution in [0.2, 0.25) is 10.0 Å². The number of hydrogen-bond donors (Lipinski definition) is 4. The minimum Gasteiger partial charge on any atom is -0.474 e. The van der Waals surface area contributed by atoms with Gasteiger partial charge in [0.15, 0.2) is 0 Å². The Morgan fingerprint density at radius 3 is 1.67 bits per heavy atom. The van der Waals surface area contributed by atoms with Gasteiger partial charge in [-0.3, -0.25) is 5.32 Å². The molecule has 0 aliphatic carbocycles. The number of halogens is 2. The van der Waals surface area contributed by atoms with Crippen molar-refractivity contribution in [1.29, 1.82) is 0 Å². The minimum atomic E-state index is -3.79. The standard InChI is InChI=1S/C21H26ClN5O5S2.C16H18ClN5O3S2/c1-20(2,3)32-19(28)25-18-26-21(4,11-34(29,30)27(18)5)16-12(22)10-15(33-16)13-6-7-14(24-13)17-23-8-9-31-17;1-16(8-27(23,24)22(2)15(18)21-16)13-9(17)7-12(26-13)10-3-4-11(20-10)14-19-5-6-25-14/h6-7,10,24H,8-9,11H2,1-5H3,(H,25,26,28);3-4,7,20H,5-6,8H2,1-2H3,(H2,18,21)/t21-;16-/m00/s1. The molecule has 0 spiro atoms. The van der Waals surface area contributed by atoms with Gasteiger partial charge in [0.1, 0.15) is 41.3 Å². The first-order chi connectivity index (χ1) is 28.5. The fourth-order valence-electron chi connectivity index (χ4n) is 6.67. The zero-order valence-electron chi connectivity index (χ0n) is 34.1. The second-order valence-corrected chi connectivity index (χ2v) is 22.7. The van der Waals surface area contributed by atoms with Crippen molar-refractivity contribution in [3.8, 4) is 21.1 Å². The van der Waals surface area contributed by atoms with Crippen LogP contribution in [0.1, 0.15) is 55.8 Å². The quantitative estimate of drug-likeness (QED) is 0.190. The fraction of sp³-hybridized carbons (Fsp3) is 0.432. The van der Waals surface area contributed by atoms with Gasteiger partial charge >= 0.3 is 6.09 Å². The Morgan fingerprint density at radius 2 is 1.25 bits per heavy atom. The van der Waals surface area contributed by atoms with E-state index in [9.17, 15) is 21.6 Å². The average Bonchev–Trinajstić information content (AvgIpc) is 3.99. The largest absolute Gasteiger partial charge is 0.474 e. The molecule has 0 radical (unpaired) electrons. The number of rotatable bonds is 6. The minimum absolute atomic E-state index is 0.0479. The fourth-order valence-corrected chi connectivity index (χ4v) is 13.0. The van der Waals surface area contributed by atoms with Gasteiger partial charge < -0.3 is 29.9 Å². The van der Waals surface area contributed by atoms with Crippen LogP contribution in [0.15, 0.2) is 56.4 Å². The number of nitrogens with two attached hydrogens (primary N) is 1. The van der Waals surface area contributed by atoms with Crippen molar-refractivity contribution in [3.05, 3.63) is 67.6 Å². The molecule has 4 aliphatic rings. The number of guanidine groups is 2. The van der Waals surface area contributed by atoms with E-state index in [-0.39, 0.29) is 23.4 Å². The summed E-state index contributed by atoms with van der Waals surface area (Å²) < 4.78 is 68.9. The summed E-state index contributed by atoms with van der Waals surface area (Å²) in [5, 5.41) is 3.30. The number of hydrogen-bond acceptors (Lipinski definition) is 15. The number of sulfonamides is 2. The molecule has 18 nitrogen and oxygen atoms in total. The highest BCUT2D eigenvalue weighted by Gasteiger charge is 2.45. The number of amides is 1. The Morgan fingerprint density at radius 1 is 0.803 bits per heavy atom. The van der Waals surface area contributed by atoms with Gasteiger partial charge in [0.05, 0.1) is 65.5 Å². The van der Waals surface area contributed by atoms with Crippen molar-refractivity contribution in [3.63, 3.8) is 0 Å².